The highest BCUT2D eigenvalue weighted by molar-refractivity contribution is 5.78. The minimum Gasteiger partial charge on any atom is -0.342 e. The van der Waals surface area contributed by atoms with Crippen LogP contribution in [0.2, 0.25) is 0 Å². The van der Waals surface area contributed by atoms with E-state index in [4.69, 9.17) is 0 Å². The van der Waals surface area contributed by atoms with Crippen molar-refractivity contribution in [2.24, 2.45) is 17.8 Å². The van der Waals surface area contributed by atoms with Crippen LogP contribution in [0, 0.1) is 23.6 Å². The molecule has 114 valence electrons. The number of fused-ring (bicyclic) bond motifs is 1. The molecule has 0 bridgehead atoms. The molecule has 1 aromatic carbocycles. The first-order valence-corrected chi connectivity index (χ1v) is 7.78. The van der Waals surface area contributed by atoms with E-state index >= 15 is 0 Å². The van der Waals surface area contributed by atoms with Crippen molar-refractivity contribution >= 4 is 5.91 Å². The van der Waals surface area contributed by atoms with E-state index in [0.717, 1.165) is 38.3 Å². The molecule has 2 aliphatic heterocycles. The van der Waals surface area contributed by atoms with Crippen LogP contribution >= 0.6 is 0 Å². The molecule has 2 atom stereocenters. The third-order valence-electron chi connectivity index (χ3n) is 4.66. The van der Waals surface area contributed by atoms with Crippen molar-refractivity contribution in [3.05, 3.63) is 35.6 Å². The predicted molar refractivity (Wildman–Crippen MR) is 80.1 cm³/mol. The van der Waals surface area contributed by atoms with Crippen LogP contribution < -0.4 is 0 Å². The SMILES string of the molecule is CC(C)C(=O)N1CC2CN(Cc3cccc(F)c3)CC2C1. The molecular formula is C17H23FN2O. The largest absolute Gasteiger partial charge is 0.342 e. The van der Waals surface area contributed by atoms with Crippen LogP contribution in [0.5, 0.6) is 0 Å². The average molecular weight is 290 g/mol. The number of hydrogen-bond donors (Lipinski definition) is 0. The summed E-state index contributed by atoms with van der Waals surface area (Å²) in [5.74, 6) is 1.37. The molecule has 0 saturated carbocycles. The molecule has 2 aliphatic rings. The summed E-state index contributed by atoms with van der Waals surface area (Å²) in [5.41, 5.74) is 1.03. The topological polar surface area (TPSA) is 23.6 Å². The number of carbonyl (C=O) groups excluding carboxylic acids is 1. The maximum atomic E-state index is 13.2. The minimum atomic E-state index is -0.166. The number of rotatable bonds is 3. The predicted octanol–water partition coefficient (Wildman–Crippen LogP) is 2.37. The van der Waals surface area contributed by atoms with Gasteiger partial charge in [-0.3, -0.25) is 9.69 Å². The third-order valence-corrected chi connectivity index (χ3v) is 4.66. The molecule has 0 aromatic heterocycles. The summed E-state index contributed by atoms with van der Waals surface area (Å²) in [6.07, 6.45) is 0. The van der Waals surface area contributed by atoms with E-state index < -0.39 is 0 Å². The van der Waals surface area contributed by atoms with Gasteiger partial charge in [0, 0.05) is 38.6 Å². The van der Waals surface area contributed by atoms with Crippen molar-refractivity contribution in [3.63, 3.8) is 0 Å². The second-order valence-corrected chi connectivity index (χ2v) is 6.74. The number of carbonyl (C=O) groups is 1. The molecule has 3 nitrogen and oxygen atoms in total. The second-order valence-electron chi connectivity index (χ2n) is 6.74. The Kier molecular flexibility index (Phi) is 3.98. The van der Waals surface area contributed by atoms with Gasteiger partial charge in [0.2, 0.25) is 5.91 Å². The van der Waals surface area contributed by atoms with Crippen LogP contribution in [0.3, 0.4) is 0 Å². The zero-order chi connectivity index (χ0) is 15.0. The van der Waals surface area contributed by atoms with Gasteiger partial charge in [-0.1, -0.05) is 26.0 Å². The fourth-order valence-electron chi connectivity index (χ4n) is 3.66. The highest BCUT2D eigenvalue weighted by Gasteiger charge is 2.41. The monoisotopic (exact) mass is 290 g/mol. The Balaban J connectivity index is 1.56. The molecule has 0 radical (unpaired) electrons. The number of halogens is 1. The summed E-state index contributed by atoms with van der Waals surface area (Å²) < 4.78 is 13.2. The lowest BCUT2D eigenvalue weighted by atomic mass is 10.0. The molecule has 0 aliphatic carbocycles. The first kappa shape index (κ1) is 14.5. The van der Waals surface area contributed by atoms with Crippen molar-refractivity contribution in [3.8, 4) is 0 Å². The van der Waals surface area contributed by atoms with Crippen LogP contribution in [0.15, 0.2) is 24.3 Å². The van der Waals surface area contributed by atoms with Crippen molar-refractivity contribution in [1.82, 2.24) is 9.80 Å². The Labute approximate surface area is 125 Å². The molecule has 21 heavy (non-hydrogen) atoms. The molecule has 1 aromatic rings. The Morgan fingerprint density at radius 2 is 1.90 bits per heavy atom. The maximum absolute atomic E-state index is 13.2. The lowest BCUT2D eigenvalue weighted by Crippen LogP contribution is -2.35. The van der Waals surface area contributed by atoms with E-state index in [1.807, 2.05) is 24.8 Å². The quantitative estimate of drug-likeness (QED) is 0.853. The van der Waals surface area contributed by atoms with Crippen molar-refractivity contribution in [2.75, 3.05) is 26.2 Å². The van der Waals surface area contributed by atoms with Gasteiger partial charge in [-0.2, -0.15) is 0 Å². The van der Waals surface area contributed by atoms with Crippen LogP contribution in [-0.2, 0) is 11.3 Å². The van der Waals surface area contributed by atoms with Crippen molar-refractivity contribution in [2.45, 2.75) is 20.4 Å². The van der Waals surface area contributed by atoms with E-state index in [2.05, 4.69) is 4.90 Å². The normalized spacial score (nSPS) is 25.6. The number of amides is 1. The van der Waals surface area contributed by atoms with Gasteiger partial charge in [0.15, 0.2) is 0 Å². The molecule has 3 rings (SSSR count). The van der Waals surface area contributed by atoms with Crippen LogP contribution in [0.4, 0.5) is 4.39 Å². The second kappa shape index (κ2) is 5.76. The summed E-state index contributed by atoms with van der Waals surface area (Å²) in [6, 6.07) is 6.84. The lowest BCUT2D eigenvalue weighted by molar-refractivity contribution is -0.133. The standard InChI is InChI=1S/C17H23FN2O/c1-12(2)17(21)20-10-14-8-19(9-15(14)11-20)7-13-4-3-5-16(18)6-13/h3-6,12,14-15H,7-11H2,1-2H3. The zero-order valence-electron chi connectivity index (χ0n) is 12.8. The van der Waals surface area contributed by atoms with Gasteiger partial charge in [0.05, 0.1) is 0 Å². The number of benzene rings is 1. The molecule has 2 heterocycles. The molecule has 0 N–H and O–H groups in total. The molecule has 2 fully saturated rings. The highest BCUT2D eigenvalue weighted by Crippen LogP contribution is 2.32. The van der Waals surface area contributed by atoms with Gasteiger partial charge >= 0.3 is 0 Å². The fourth-order valence-corrected chi connectivity index (χ4v) is 3.66. The maximum Gasteiger partial charge on any atom is 0.225 e. The number of nitrogens with zero attached hydrogens (tertiary/aromatic N) is 2. The smallest absolute Gasteiger partial charge is 0.225 e. The Hall–Kier alpha value is -1.42. The summed E-state index contributed by atoms with van der Waals surface area (Å²) in [4.78, 5) is 16.5. The molecular weight excluding hydrogens is 267 g/mol. The van der Waals surface area contributed by atoms with Gasteiger partial charge in [0.25, 0.3) is 0 Å². The van der Waals surface area contributed by atoms with Crippen LogP contribution in [0.25, 0.3) is 0 Å². The van der Waals surface area contributed by atoms with Gasteiger partial charge in [0.1, 0.15) is 5.82 Å². The van der Waals surface area contributed by atoms with Gasteiger partial charge < -0.3 is 4.90 Å². The minimum absolute atomic E-state index is 0.0900. The Morgan fingerprint density at radius 1 is 1.24 bits per heavy atom. The summed E-state index contributed by atoms with van der Waals surface area (Å²) in [6.45, 7) is 8.55. The van der Waals surface area contributed by atoms with Gasteiger partial charge in [-0.25, -0.2) is 4.39 Å². The molecule has 0 spiro atoms. The fraction of sp³-hybridized carbons (Fsp3) is 0.588. The molecule has 2 unspecified atom stereocenters. The molecule has 2 saturated heterocycles. The van der Waals surface area contributed by atoms with Gasteiger partial charge in [-0.15, -0.1) is 0 Å². The number of hydrogen-bond acceptors (Lipinski definition) is 2. The van der Waals surface area contributed by atoms with Crippen molar-refractivity contribution < 1.29 is 9.18 Å². The first-order valence-electron chi connectivity index (χ1n) is 7.78. The Bertz CT molecular complexity index is 517. The summed E-state index contributed by atoms with van der Waals surface area (Å²) in [5, 5.41) is 0. The van der Waals surface area contributed by atoms with E-state index in [9.17, 15) is 9.18 Å². The summed E-state index contributed by atoms with van der Waals surface area (Å²) >= 11 is 0. The summed E-state index contributed by atoms with van der Waals surface area (Å²) in [7, 11) is 0. The lowest BCUT2D eigenvalue weighted by Gasteiger charge is -2.23. The Morgan fingerprint density at radius 3 is 2.48 bits per heavy atom. The third kappa shape index (κ3) is 3.10. The molecule has 1 amide bonds. The van der Waals surface area contributed by atoms with E-state index in [1.54, 1.807) is 12.1 Å². The van der Waals surface area contributed by atoms with Crippen molar-refractivity contribution in [1.29, 1.82) is 0 Å². The van der Waals surface area contributed by atoms with E-state index in [1.165, 1.54) is 6.07 Å². The number of likely N-dealkylation sites (tertiary alicyclic amines) is 2. The average Bonchev–Trinajstić information content (AvgIpc) is 2.95. The van der Waals surface area contributed by atoms with E-state index in [0.29, 0.717) is 11.8 Å². The van der Waals surface area contributed by atoms with E-state index in [-0.39, 0.29) is 17.6 Å². The first-order chi connectivity index (χ1) is 10.0. The highest BCUT2D eigenvalue weighted by atomic mass is 19.1. The van der Waals surface area contributed by atoms with Crippen LogP contribution in [-0.4, -0.2) is 41.9 Å². The zero-order valence-corrected chi connectivity index (χ0v) is 12.8. The van der Waals surface area contributed by atoms with Crippen LogP contribution in [0.1, 0.15) is 19.4 Å². The van der Waals surface area contributed by atoms with Gasteiger partial charge in [-0.05, 0) is 29.5 Å². The molecule has 4 heteroatoms.